The van der Waals surface area contributed by atoms with Crippen LogP contribution in [0.3, 0.4) is 0 Å². The average molecular weight is 893 g/mol. The molecule has 1 atom stereocenters. The Labute approximate surface area is 395 Å². The molecule has 0 heterocycles. The second-order valence-corrected chi connectivity index (χ2v) is 17.7. The highest BCUT2D eigenvalue weighted by atomic mass is 16.6. The minimum atomic E-state index is -0.800. The molecule has 0 aromatic carbocycles. The van der Waals surface area contributed by atoms with Gasteiger partial charge in [0.25, 0.3) is 0 Å². The maximum atomic E-state index is 12.8. The molecule has 0 aliphatic rings. The van der Waals surface area contributed by atoms with Crippen LogP contribution in [-0.2, 0) is 28.6 Å². The molecule has 0 N–H and O–H groups in total. The van der Waals surface area contributed by atoms with Gasteiger partial charge in [0.15, 0.2) is 6.10 Å². The summed E-state index contributed by atoms with van der Waals surface area (Å²) in [6.07, 6.45) is 66.2. The fraction of sp³-hybridized carbons (Fsp3) is 0.741. The molecule has 0 spiro atoms. The van der Waals surface area contributed by atoms with Gasteiger partial charge >= 0.3 is 17.9 Å². The third-order valence-corrected chi connectivity index (χ3v) is 11.5. The van der Waals surface area contributed by atoms with Crippen molar-refractivity contribution in [2.24, 2.45) is 0 Å². The summed E-state index contributed by atoms with van der Waals surface area (Å²) in [6, 6.07) is 0. The van der Waals surface area contributed by atoms with Crippen molar-refractivity contribution >= 4 is 17.9 Å². The van der Waals surface area contributed by atoms with E-state index in [-0.39, 0.29) is 37.5 Å². The largest absolute Gasteiger partial charge is 0.462 e. The van der Waals surface area contributed by atoms with E-state index in [1.54, 1.807) is 0 Å². The van der Waals surface area contributed by atoms with Gasteiger partial charge < -0.3 is 14.2 Å². The van der Waals surface area contributed by atoms with Crippen molar-refractivity contribution in [2.45, 2.75) is 264 Å². The van der Waals surface area contributed by atoms with Crippen molar-refractivity contribution in [3.8, 4) is 0 Å². The van der Waals surface area contributed by atoms with Gasteiger partial charge in [-0.3, -0.25) is 14.4 Å². The highest BCUT2D eigenvalue weighted by Crippen LogP contribution is 2.16. The molecular weight excluding hydrogens is 793 g/mol. The van der Waals surface area contributed by atoms with E-state index in [9.17, 15) is 14.4 Å². The second kappa shape index (κ2) is 52.5. The molecule has 6 nitrogen and oxygen atoms in total. The smallest absolute Gasteiger partial charge is 0.306 e. The van der Waals surface area contributed by atoms with Crippen molar-refractivity contribution in [1.29, 1.82) is 0 Å². The Morgan fingerprint density at radius 1 is 0.328 bits per heavy atom. The lowest BCUT2D eigenvalue weighted by molar-refractivity contribution is -0.167. The first kappa shape index (κ1) is 60.9. The van der Waals surface area contributed by atoms with Crippen LogP contribution >= 0.6 is 0 Å². The number of esters is 3. The highest BCUT2D eigenvalue weighted by molar-refractivity contribution is 5.71. The van der Waals surface area contributed by atoms with Crippen LogP contribution in [0.2, 0.25) is 0 Å². The molecule has 0 radical (unpaired) electrons. The fourth-order valence-electron chi connectivity index (χ4n) is 7.47. The molecule has 0 amide bonds. The summed E-state index contributed by atoms with van der Waals surface area (Å²) < 4.78 is 16.8. The van der Waals surface area contributed by atoms with Crippen LogP contribution in [-0.4, -0.2) is 37.2 Å². The SMILES string of the molecule is CC/C=C\C/C=C\C/C=C\CCCCCC(=O)OCC(COC(=O)CCCCCCCCCCCCCCCCCCCCCC)OC(=O)CCCCC/C=C\C/C=C\C/C=C\CC. The zero-order valence-corrected chi connectivity index (χ0v) is 42.0. The Kier molecular flexibility index (Phi) is 49.9. The normalized spacial score (nSPS) is 12.6. The molecule has 0 saturated carbocycles. The number of carbonyl (C=O) groups is 3. The van der Waals surface area contributed by atoms with Gasteiger partial charge in [0.2, 0.25) is 0 Å². The van der Waals surface area contributed by atoms with Crippen LogP contribution in [0.1, 0.15) is 258 Å². The minimum absolute atomic E-state index is 0.0951. The summed E-state index contributed by atoms with van der Waals surface area (Å²) in [7, 11) is 0. The first-order chi connectivity index (χ1) is 31.5. The molecule has 0 aliphatic carbocycles. The van der Waals surface area contributed by atoms with E-state index in [2.05, 4.69) is 93.7 Å². The number of rotatable bonds is 48. The van der Waals surface area contributed by atoms with E-state index in [0.717, 1.165) is 109 Å². The third kappa shape index (κ3) is 49.9. The van der Waals surface area contributed by atoms with Crippen molar-refractivity contribution < 1.29 is 28.6 Å². The van der Waals surface area contributed by atoms with E-state index in [1.165, 1.54) is 109 Å². The highest BCUT2D eigenvalue weighted by Gasteiger charge is 2.19. The number of carbonyl (C=O) groups excluding carboxylic acids is 3. The van der Waals surface area contributed by atoms with Gasteiger partial charge in [0.1, 0.15) is 13.2 Å². The molecule has 0 fully saturated rings. The number of unbranched alkanes of at least 4 members (excludes halogenated alkanes) is 25. The van der Waals surface area contributed by atoms with Crippen LogP contribution in [0.5, 0.6) is 0 Å². The average Bonchev–Trinajstić information content (AvgIpc) is 3.29. The Hall–Kier alpha value is -3.15. The lowest BCUT2D eigenvalue weighted by Crippen LogP contribution is -2.30. The maximum Gasteiger partial charge on any atom is 0.306 e. The molecule has 1 unspecified atom stereocenters. The Balaban J connectivity index is 4.36. The second-order valence-electron chi connectivity index (χ2n) is 17.7. The third-order valence-electron chi connectivity index (χ3n) is 11.5. The van der Waals surface area contributed by atoms with Gasteiger partial charge in [-0.2, -0.15) is 0 Å². The van der Waals surface area contributed by atoms with Gasteiger partial charge in [0.05, 0.1) is 0 Å². The lowest BCUT2D eigenvalue weighted by atomic mass is 10.0. The number of allylic oxidation sites excluding steroid dienone is 12. The Morgan fingerprint density at radius 3 is 0.953 bits per heavy atom. The van der Waals surface area contributed by atoms with E-state index in [0.29, 0.717) is 12.8 Å². The van der Waals surface area contributed by atoms with E-state index in [4.69, 9.17) is 14.2 Å². The summed E-state index contributed by atoms with van der Waals surface area (Å²) in [5, 5.41) is 0. The number of hydrogen-bond acceptors (Lipinski definition) is 6. The Morgan fingerprint density at radius 2 is 0.609 bits per heavy atom. The zero-order valence-electron chi connectivity index (χ0n) is 42.0. The molecule has 64 heavy (non-hydrogen) atoms. The first-order valence-electron chi connectivity index (χ1n) is 26.9. The van der Waals surface area contributed by atoms with Crippen LogP contribution in [0.25, 0.3) is 0 Å². The number of hydrogen-bond donors (Lipinski definition) is 0. The van der Waals surface area contributed by atoms with Crippen LogP contribution in [0, 0.1) is 0 Å². The van der Waals surface area contributed by atoms with Gasteiger partial charge in [-0.25, -0.2) is 0 Å². The molecule has 6 heteroatoms. The number of ether oxygens (including phenoxy) is 3. The van der Waals surface area contributed by atoms with Gasteiger partial charge in [0, 0.05) is 19.3 Å². The van der Waals surface area contributed by atoms with E-state index < -0.39 is 6.10 Å². The molecule has 0 aromatic rings. The van der Waals surface area contributed by atoms with Gasteiger partial charge in [-0.1, -0.05) is 229 Å². The Bertz CT molecular complexity index is 1210. The summed E-state index contributed by atoms with van der Waals surface area (Å²) in [4.78, 5) is 38.0. The molecule has 0 saturated heterocycles. The monoisotopic (exact) mass is 893 g/mol. The maximum absolute atomic E-state index is 12.8. The summed E-state index contributed by atoms with van der Waals surface area (Å²) >= 11 is 0. The lowest BCUT2D eigenvalue weighted by Gasteiger charge is -2.18. The summed E-state index contributed by atoms with van der Waals surface area (Å²) in [6.45, 7) is 6.37. The van der Waals surface area contributed by atoms with Crippen LogP contribution in [0.4, 0.5) is 0 Å². The van der Waals surface area contributed by atoms with Crippen molar-refractivity contribution in [1.82, 2.24) is 0 Å². The topological polar surface area (TPSA) is 78.9 Å². The molecular formula is C58H100O6. The van der Waals surface area contributed by atoms with Gasteiger partial charge in [-0.15, -0.1) is 0 Å². The van der Waals surface area contributed by atoms with Gasteiger partial charge in [-0.05, 0) is 83.5 Å². The van der Waals surface area contributed by atoms with Crippen molar-refractivity contribution in [3.63, 3.8) is 0 Å². The minimum Gasteiger partial charge on any atom is -0.462 e. The van der Waals surface area contributed by atoms with Crippen LogP contribution in [0.15, 0.2) is 72.9 Å². The standard InChI is InChI=1S/C58H100O6/c1-4-7-10-13-16-19-22-25-26-27-28-29-30-31-34-36-39-42-45-48-51-57(60)63-54-55(64-58(61)52-49-46-43-40-37-33-24-21-18-15-12-9-6-3)53-62-56(59)50-47-44-41-38-35-32-23-20-17-14-11-8-5-2/h8-9,11-12,17-18,20-21,32-33,35,37,55H,4-7,10,13-16,19,22-31,34,36,38-54H2,1-3H3/b11-8-,12-9-,20-17-,21-18-,35-32-,37-33-. The molecule has 0 aromatic heterocycles. The molecule has 0 bridgehead atoms. The quantitative estimate of drug-likeness (QED) is 0.0262. The van der Waals surface area contributed by atoms with Crippen LogP contribution < -0.4 is 0 Å². The molecule has 0 rings (SSSR count). The fourth-order valence-corrected chi connectivity index (χ4v) is 7.47. The summed E-state index contributed by atoms with van der Waals surface area (Å²) in [5.74, 6) is -0.951. The predicted molar refractivity (Wildman–Crippen MR) is 274 cm³/mol. The molecule has 0 aliphatic heterocycles. The zero-order chi connectivity index (χ0) is 46.5. The molecule has 368 valence electrons. The van der Waals surface area contributed by atoms with E-state index >= 15 is 0 Å². The predicted octanol–water partition coefficient (Wildman–Crippen LogP) is 17.8. The summed E-state index contributed by atoms with van der Waals surface area (Å²) in [5.41, 5.74) is 0. The van der Waals surface area contributed by atoms with E-state index in [1.807, 2.05) is 0 Å². The van der Waals surface area contributed by atoms with Crippen molar-refractivity contribution in [2.75, 3.05) is 13.2 Å². The first-order valence-corrected chi connectivity index (χ1v) is 26.9. The van der Waals surface area contributed by atoms with Crippen molar-refractivity contribution in [3.05, 3.63) is 72.9 Å².